The second-order valence-electron chi connectivity index (χ2n) is 4.18. The molecule has 100 valence electrons. The van der Waals surface area contributed by atoms with Crippen molar-refractivity contribution in [3.63, 3.8) is 0 Å². The summed E-state index contributed by atoms with van der Waals surface area (Å²) < 4.78 is 0. The molecular formula is C12H21BrO4. The fraction of sp³-hybridized carbons (Fsp3) is 0.833. The summed E-state index contributed by atoms with van der Waals surface area (Å²) in [6.07, 6.45) is 7.68. The maximum Gasteiger partial charge on any atom is 0.317 e. The van der Waals surface area contributed by atoms with Crippen molar-refractivity contribution < 1.29 is 19.8 Å². The molecular weight excluding hydrogens is 288 g/mol. The van der Waals surface area contributed by atoms with Gasteiger partial charge in [-0.15, -0.1) is 0 Å². The smallest absolute Gasteiger partial charge is 0.317 e. The third kappa shape index (κ3) is 9.15. The number of halogens is 1. The van der Waals surface area contributed by atoms with E-state index < -0.39 is 17.9 Å². The van der Waals surface area contributed by atoms with E-state index in [0.29, 0.717) is 6.42 Å². The predicted molar refractivity (Wildman–Crippen MR) is 69.5 cm³/mol. The molecule has 0 atom stereocenters. The Bertz CT molecular complexity index is 217. The number of carbonyl (C=O) groups is 2. The summed E-state index contributed by atoms with van der Waals surface area (Å²) in [5.41, 5.74) is 0. The van der Waals surface area contributed by atoms with E-state index >= 15 is 0 Å². The number of aliphatic carboxylic acids is 2. The first-order valence-corrected chi connectivity index (χ1v) is 7.23. The molecule has 0 bridgehead atoms. The Morgan fingerprint density at radius 2 is 1.24 bits per heavy atom. The van der Waals surface area contributed by atoms with Crippen molar-refractivity contribution in [3.8, 4) is 0 Å². The van der Waals surface area contributed by atoms with Crippen LogP contribution < -0.4 is 0 Å². The average molecular weight is 309 g/mol. The Kier molecular flexibility index (Phi) is 10.2. The summed E-state index contributed by atoms with van der Waals surface area (Å²) in [7, 11) is 0. The van der Waals surface area contributed by atoms with E-state index in [4.69, 9.17) is 10.2 Å². The van der Waals surface area contributed by atoms with Crippen LogP contribution in [0.3, 0.4) is 0 Å². The third-order valence-corrected chi connectivity index (χ3v) is 3.28. The van der Waals surface area contributed by atoms with Crippen LogP contribution in [-0.2, 0) is 9.59 Å². The van der Waals surface area contributed by atoms with Gasteiger partial charge >= 0.3 is 11.9 Å². The lowest BCUT2D eigenvalue weighted by Gasteiger charge is -2.06. The number of alkyl halides is 1. The molecule has 17 heavy (non-hydrogen) atoms. The molecule has 0 spiro atoms. The molecule has 0 saturated heterocycles. The van der Waals surface area contributed by atoms with Gasteiger partial charge < -0.3 is 10.2 Å². The molecule has 0 rings (SSSR count). The van der Waals surface area contributed by atoms with E-state index in [1.807, 2.05) is 0 Å². The van der Waals surface area contributed by atoms with Crippen LogP contribution in [0.4, 0.5) is 0 Å². The lowest BCUT2D eigenvalue weighted by molar-refractivity contribution is -0.154. The van der Waals surface area contributed by atoms with Gasteiger partial charge in [0.2, 0.25) is 0 Å². The summed E-state index contributed by atoms with van der Waals surface area (Å²) in [5, 5.41) is 18.4. The minimum absolute atomic E-state index is 0.242. The first kappa shape index (κ1) is 16.4. The van der Waals surface area contributed by atoms with E-state index in [9.17, 15) is 9.59 Å². The fourth-order valence-corrected chi connectivity index (χ4v) is 2.08. The van der Waals surface area contributed by atoms with Crippen molar-refractivity contribution in [3.05, 3.63) is 0 Å². The molecule has 0 aliphatic rings. The Morgan fingerprint density at radius 3 is 1.65 bits per heavy atom. The molecule has 0 heterocycles. The maximum absolute atomic E-state index is 10.6. The van der Waals surface area contributed by atoms with Gasteiger partial charge in [-0.2, -0.15) is 0 Å². The summed E-state index contributed by atoms with van der Waals surface area (Å²) >= 11 is 3.38. The van der Waals surface area contributed by atoms with Crippen LogP contribution in [0.15, 0.2) is 0 Å². The monoisotopic (exact) mass is 308 g/mol. The van der Waals surface area contributed by atoms with Crippen molar-refractivity contribution in [2.45, 2.75) is 51.4 Å². The largest absolute Gasteiger partial charge is 0.481 e. The topological polar surface area (TPSA) is 74.6 Å². The molecule has 0 saturated carbocycles. The van der Waals surface area contributed by atoms with E-state index in [1.54, 1.807) is 0 Å². The van der Waals surface area contributed by atoms with Gasteiger partial charge in [-0.05, 0) is 12.8 Å². The molecule has 0 fully saturated rings. The van der Waals surface area contributed by atoms with E-state index in [1.165, 1.54) is 19.3 Å². The normalized spacial score (nSPS) is 10.7. The molecule has 0 aromatic carbocycles. The van der Waals surface area contributed by atoms with E-state index in [2.05, 4.69) is 15.9 Å². The van der Waals surface area contributed by atoms with Crippen LogP contribution in [0.1, 0.15) is 51.4 Å². The molecule has 0 aromatic rings. The minimum atomic E-state index is -1.23. The Hall–Kier alpha value is -0.580. The maximum atomic E-state index is 10.6. The van der Waals surface area contributed by atoms with Crippen LogP contribution >= 0.6 is 15.9 Å². The van der Waals surface area contributed by atoms with Gasteiger partial charge in [-0.25, -0.2) is 0 Å². The standard InChI is InChI=1S/C12H21BrO4/c13-9-7-5-3-1-2-4-6-8-10(11(14)15)12(16)17/h10H,1-9H2,(H,14,15)(H,16,17). The summed E-state index contributed by atoms with van der Waals surface area (Å²) in [5.74, 6) is -3.69. The highest BCUT2D eigenvalue weighted by molar-refractivity contribution is 9.09. The number of carboxylic acid groups (broad SMARTS) is 2. The van der Waals surface area contributed by atoms with Crippen LogP contribution in [0.2, 0.25) is 0 Å². The summed E-state index contributed by atoms with van der Waals surface area (Å²) in [4.78, 5) is 21.2. The molecule has 5 heteroatoms. The van der Waals surface area contributed by atoms with Crippen LogP contribution in [-0.4, -0.2) is 27.5 Å². The first-order chi connectivity index (χ1) is 8.09. The molecule has 4 nitrogen and oxygen atoms in total. The second kappa shape index (κ2) is 10.6. The van der Waals surface area contributed by atoms with Gasteiger partial charge in [0.05, 0.1) is 0 Å². The van der Waals surface area contributed by atoms with E-state index in [-0.39, 0.29) is 6.42 Å². The number of rotatable bonds is 11. The molecule has 0 unspecified atom stereocenters. The van der Waals surface area contributed by atoms with Gasteiger partial charge in [0, 0.05) is 5.33 Å². The van der Waals surface area contributed by atoms with Gasteiger partial charge in [0.25, 0.3) is 0 Å². The number of hydrogen-bond acceptors (Lipinski definition) is 2. The SMILES string of the molecule is O=C(O)C(CCCCCCCCCBr)C(=O)O. The van der Waals surface area contributed by atoms with Crippen LogP contribution in [0, 0.1) is 5.92 Å². The second-order valence-corrected chi connectivity index (χ2v) is 4.97. The molecule has 0 aliphatic carbocycles. The molecule has 0 aliphatic heterocycles. The average Bonchev–Trinajstić information content (AvgIpc) is 2.26. The number of hydrogen-bond donors (Lipinski definition) is 2. The van der Waals surface area contributed by atoms with Gasteiger partial charge in [-0.1, -0.05) is 54.5 Å². The molecule has 2 N–H and O–H groups in total. The van der Waals surface area contributed by atoms with Crippen molar-refractivity contribution in [1.82, 2.24) is 0 Å². The lowest BCUT2D eigenvalue weighted by atomic mass is 10.0. The molecule has 0 aromatic heterocycles. The summed E-state index contributed by atoms with van der Waals surface area (Å²) in [6.45, 7) is 0. The van der Waals surface area contributed by atoms with Crippen molar-refractivity contribution in [2.75, 3.05) is 5.33 Å². The van der Waals surface area contributed by atoms with Crippen LogP contribution in [0.5, 0.6) is 0 Å². The highest BCUT2D eigenvalue weighted by Gasteiger charge is 2.24. The predicted octanol–water partition coefficient (Wildman–Crippen LogP) is 3.29. The third-order valence-electron chi connectivity index (χ3n) is 2.72. The minimum Gasteiger partial charge on any atom is -0.481 e. The zero-order valence-corrected chi connectivity index (χ0v) is 11.6. The number of unbranched alkanes of at least 4 members (excludes halogenated alkanes) is 6. The van der Waals surface area contributed by atoms with Crippen molar-refractivity contribution in [1.29, 1.82) is 0 Å². The van der Waals surface area contributed by atoms with Crippen molar-refractivity contribution >= 4 is 27.9 Å². The van der Waals surface area contributed by atoms with Gasteiger partial charge in [0.1, 0.15) is 0 Å². The summed E-state index contributed by atoms with van der Waals surface area (Å²) in [6, 6.07) is 0. The lowest BCUT2D eigenvalue weighted by Crippen LogP contribution is -2.23. The Morgan fingerprint density at radius 1 is 0.824 bits per heavy atom. The Balaban J connectivity index is 3.43. The quantitative estimate of drug-likeness (QED) is 0.349. The first-order valence-electron chi connectivity index (χ1n) is 6.11. The molecule has 0 amide bonds. The Labute approximate surface area is 111 Å². The highest BCUT2D eigenvalue weighted by atomic mass is 79.9. The van der Waals surface area contributed by atoms with Gasteiger partial charge in [-0.3, -0.25) is 9.59 Å². The van der Waals surface area contributed by atoms with Crippen LogP contribution in [0.25, 0.3) is 0 Å². The molecule has 0 radical (unpaired) electrons. The zero-order valence-electron chi connectivity index (χ0n) is 10.0. The highest BCUT2D eigenvalue weighted by Crippen LogP contribution is 2.13. The van der Waals surface area contributed by atoms with Crippen molar-refractivity contribution in [2.24, 2.45) is 5.92 Å². The zero-order chi connectivity index (χ0) is 13.1. The number of carboxylic acids is 2. The van der Waals surface area contributed by atoms with Gasteiger partial charge in [0.15, 0.2) is 5.92 Å². The van der Waals surface area contributed by atoms with E-state index in [0.717, 1.165) is 24.6 Å². The fourth-order valence-electron chi connectivity index (χ4n) is 1.68.